The molecule has 1 heterocycles. The van der Waals surface area contributed by atoms with Crippen molar-refractivity contribution in [3.05, 3.63) is 35.9 Å². The Hall–Kier alpha value is -0.860. The van der Waals surface area contributed by atoms with Gasteiger partial charge in [-0.15, -0.1) is 0 Å². The number of likely N-dealkylation sites (tertiary alicyclic amines) is 1. The molecule has 1 N–H and O–H groups in total. The van der Waals surface area contributed by atoms with Crippen LogP contribution < -0.4 is 5.32 Å². The zero-order chi connectivity index (χ0) is 12.7. The Morgan fingerprint density at radius 3 is 2.63 bits per heavy atom. The van der Waals surface area contributed by atoms with Gasteiger partial charge < -0.3 is 5.32 Å². The van der Waals surface area contributed by atoms with Gasteiger partial charge in [0, 0.05) is 31.7 Å². The van der Waals surface area contributed by atoms with E-state index < -0.39 is 0 Å². The molecule has 3 fully saturated rings. The Balaban J connectivity index is 1.37. The van der Waals surface area contributed by atoms with E-state index in [4.69, 9.17) is 0 Å². The second-order valence-electron chi connectivity index (χ2n) is 6.73. The molecule has 1 saturated heterocycles. The maximum atomic E-state index is 3.88. The summed E-state index contributed by atoms with van der Waals surface area (Å²) in [7, 11) is 0. The number of fused-ring (bicyclic) bond motifs is 1. The smallest absolute Gasteiger partial charge is 0.0233 e. The molecule has 2 saturated carbocycles. The fraction of sp³-hybridized carbons (Fsp3) is 0.647. The second-order valence-corrected chi connectivity index (χ2v) is 6.73. The van der Waals surface area contributed by atoms with Gasteiger partial charge in [-0.25, -0.2) is 0 Å². The van der Waals surface area contributed by atoms with E-state index in [1.54, 1.807) is 0 Å². The van der Waals surface area contributed by atoms with Crippen molar-refractivity contribution in [3.63, 3.8) is 0 Å². The van der Waals surface area contributed by atoms with Crippen LogP contribution in [0.3, 0.4) is 0 Å². The average molecular weight is 256 g/mol. The lowest BCUT2D eigenvalue weighted by molar-refractivity contribution is 0.288. The third kappa shape index (κ3) is 2.56. The minimum Gasteiger partial charge on any atom is -0.311 e. The van der Waals surface area contributed by atoms with Crippen molar-refractivity contribution in [3.8, 4) is 0 Å². The fourth-order valence-corrected chi connectivity index (χ4v) is 4.09. The summed E-state index contributed by atoms with van der Waals surface area (Å²) in [5.74, 6) is 1.88. The highest BCUT2D eigenvalue weighted by Gasteiger charge is 2.43. The summed E-state index contributed by atoms with van der Waals surface area (Å²) in [6, 6.07) is 12.6. The highest BCUT2D eigenvalue weighted by Crippen LogP contribution is 2.39. The van der Waals surface area contributed by atoms with Gasteiger partial charge in [0.15, 0.2) is 0 Å². The van der Waals surface area contributed by atoms with Crippen LogP contribution in [0.2, 0.25) is 0 Å². The van der Waals surface area contributed by atoms with Gasteiger partial charge >= 0.3 is 0 Å². The molecule has 0 radical (unpaired) electrons. The predicted molar refractivity (Wildman–Crippen MR) is 77.9 cm³/mol. The molecule has 4 rings (SSSR count). The summed E-state index contributed by atoms with van der Waals surface area (Å²) < 4.78 is 0. The molecule has 2 heteroatoms. The van der Waals surface area contributed by atoms with Crippen molar-refractivity contribution in [2.45, 2.75) is 44.3 Å². The Labute approximate surface area is 116 Å². The molecule has 102 valence electrons. The lowest BCUT2D eigenvalue weighted by atomic mass is 9.98. The topological polar surface area (TPSA) is 15.3 Å². The molecule has 19 heavy (non-hydrogen) atoms. The third-order valence-electron chi connectivity index (χ3n) is 5.21. The summed E-state index contributed by atoms with van der Waals surface area (Å²) in [6.07, 6.45) is 5.70. The summed E-state index contributed by atoms with van der Waals surface area (Å²) in [5, 5.41) is 3.88. The van der Waals surface area contributed by atoms with Gasteiger partial charge in [-0.3, -0.25) is 4.90 Å². The number of benzene rings is 1. The first kappa shape index (κ1) is 11.9. The van der Waals surface area contributed by atoms with E-state index in [-0.39, 0.29) is 0 Å². The Bertz CT molecular complexity index is 426. The quantitative estimate of drug-likeness (QED) is 0.891. The Kier molecular flexibility index (Phi) is 3.08. The Morgan fingerprint density at radius 1 is 1.00 bits per heavy atom. The van der Waals surface area contributed by atoms with Crippen LogP contribution in [0, 0.1) is 11.8 Å². The monoisotopic (exact) mass is 256 g/mol. The largest absolute Gasteiger partial charge is 0.311 e. The zero-order valence-corrected chi connectivity index (χ0v) is 11.6. The van der Waals surface area contributed by atoms with Crippen molar-refractivity contribution >= 4 is 0 Å². The van der Waals surface area contributed by atoms with Gasteiger partial charge in [0.1, 0.15) is 0 Å². The summed E-state index contributed by atoms with van der Waals surface area (Å²) in [6.45, 7) is 3.77. The van der Waals surface area contributed by atoms with Crippen LogP contribution in [0.25, 0.3) is 0 Å². The van der Waals surface area contributed by atoms with E-state index >= 15 is 0 Å². The first-order valence-electron chi connectivity index (χ1n) is 7.91. The second kappa shape index (κ2) is 4.92. The van der Waals surface area contributed by atoms with Gasteiger partial charge in [-0.05, 0) is 43.1 Å². The van der Waals surface area contributed by atoms with Crippen molar-refractivity contribution in [1.82, 2.24) is 10.2 Å². The van der Waals surface area contributed by atoms with E-state index in [0.29, 0.717) is 0 Å². The third-order valence-corrected chi connectivity index (χ3v) is 5.21. The molecule has 1 aliphatic heterocycles. The normalized spacial score (nSPS) is 34.6. The van der Waals surface area contributed by atoms with Crippen molar-refractivity contribution < 1.29 is 0 Å². The Morgan fingerprint density at radius 2 is 1.84 bits per heavy atom. The van der Waals surface area contributed by atoms with E-state index in [9.17, 15) is 0 Å². The molecule has 1 aromatic carbocycles. The fourth-order valence-electron chi connectivity index (χ4n) is 4.09. The lowest BCUT2D eigenvalue weighted by Crippen LogP contribution is -2.37. The molecular formula is C17H24N2. The van der Waals surface area contributed by atoms with E-state index in [1.165, 1.54) is 44.3 Å². The molecule has 3 atom stereocenters. The number of hydrogen-bond donors (Lipinski definition) is 1. The number of nitrogens with one attached hydrogen (secondary N) is 1. The molecule has 0 amide bonds. The minimum absolute atomic E-state index is 0.818. The highest BCUT2D eigenvalue weighted by molar-refractivity contribution is 5.15. The van der Waals surface area contributed by atoms with Gasteiger partial charge in [-0.1, -0.05) is 30.3 Å². The number of hydrogen-bond acceptors (Lipinski definition) is 2. The van der Waals surface area contributed by atoms with Crippen LogP contribution in [0.4, 0.5) is 0 Å². The van der Waals surface area contributed by atoms with Crippen molar-refractivity contribution in [2.75, 3.05) is 13.1 Å². The van der Waals surface area contributed by atoms with Crippen LogP contribution in [0.5, 0.6) is 0 Å². The molecule has 0 bridgehead atoms. The lowest BCUT2D eigenvalue weighted by Gasteiger charge is -2.21. The zero-order valence-electron chi connectivity index (χ0n) is 11.6. The van der Waals surface area contributed by atoms with Gasteiger partial charge in [0.2, 0.25) is 0 Å². The minimum atomic E-state index is 0.818. The van der Waals surface area contributed by atoms with E-state index in [0.717, 1.165) is 30.5 Å². The first-order chi connectivity index (χ1) is 9.38. The molecule has 2 aliphatic carbocycles. The molecule has 3 aliphatic rings. The molecule has 2 nitrogen and oxygen atoms in total. The maximum absolute atomic E-state index is 3.88. The van der Waals surface area contributed by atoms with E-state index in [2.05, 4.69) is 40.5 Å². The average Bonchev–Trinajstić information content (AvgIpc) is 3.05. The summed E-state index contributed by atoms with van der Waals surface area (Å²) in [5.41, 5.74) is 1.47. The van der Waals surface area contributed by atoms with Crippen LogP contribution >= 0.6 is 0 Å². The molecular weight excluding hydrogens is 232 g/mol. The molecule has 1 aromatic rings. The van der Waals surface area contributed by atoms with Gasteiger partial charge in [0.05, 0.1) is 0 Å². The van der Waals surface area contributed by atoms with Crippen LogP contribution in [-0.4, -0.2) is 30.1 Å². The number of rotatable bonds is 4. The van der Waals surface area contributed by atoms with Crippen molar-refractivity contribution in [1.29, 1.82) is 0 Å². The SMILES string of the molecule is c1ccc(CN2CC3[C@@H](CC[C@H]3NC3CC3)C2)cc1. The molecule has 0 spiro atoms. The molecule has 1 unspecified atom stereocenters. The van der Waals surface area contributed by atoms with Crippen LogP contribution in [-0.2, 0) is 6.54 Å². The maximum Gasteiger partial charge on any atom is 0.0233 e. The van der Waals surface area contributed by atoms with Gasteiger partial charge in [-0.2, -0.15) is 0 Å². The summed E-state index contributed by atoms with van der Waals surface area (Å²) in [4.78, 5) is 2.67. The van der Waals surface area contributed by atoms with Gasteiger partial charge in [0.25, 0.3) is 0 Å². The highest BCUT2D eigenvalue weighted by atomic mass is 15.2. The predicted octanol–water partition coefficient (Wildman–Crippen LogP) is 2.65. The van der Waals surface area contributed by atoms with Crippen LogP contribution in [0.1, 0.15) is 31.2 Å². The summed E-state index contributed by atoms with van der Waals surface area (Å²) >= 11 is 0. The van der Waals surface area contributed by atoms with E-state index in [1.807, 2.05) is 0 Å². The number of nitrogens with zero attached hydrogens (tertiary/aromatic N) is 1. The molecule has 0 aromatic heterocycles. The first-order valence-corrected chi connectivity index (χ1v) is 7.91. The van der Waals surface area contributed by atoms with Crippen molar-refractivity contribution in [2.24, 2.45) is 11.8 Å². The standard InChI is InChI=1S/C17H24N2/c1-2-4-13(5-3-1)10-19-11-14-6-9-17(16(14)12-19)18-15-7-8-15/h1-5,14-18H,6-12H2/t14-,16?,17+/m0/s1. The van der Waals surface area contributed by atoms with Crippen LogP contribution in [0.15, 0.2) is 30.3 Å².